The molecule has 1 aromatic heterocycles. The first kappa shape index (κ1) is 17.0. The largest absolute Gasteiger partial charge is 0.384 e. The number of imidazole rings is 1. The molecule has 0 atom stereocenters. The fourth-order valence-electron chi connectivity index (χ4n) is 2.98. The molecular formula is C16H27N3O3. The number of carbonyl (C=O) groups excluding carboxylic acids is 1. The first-order chi connectivity index (χ1) is 10.7. The zero-order valence-corrected chi connectivity index (χ0v) is 13.9. The minimum atomic E-state index is 0.208. The maximum Gasteiger partial charge on any atom is 0.224 e. The third-order valence-electron chi connectivity index (χ3n) is 4.34. The maximum absolute atomic E-state index is 12.0. The van der Waals surface area contributed by atoms with Gasteiger partial charge in [0.1, 0.15) is 12.4 Å². The van der Waals surface area contributed by atoms with Crippen molar-refractivity contribution in [3.63, 3.8) is 0 Å². The average Bonchev–Trinajstić information content (AvgIpc) is 2.87. The number of hydrogen-bond acceptors (Lipinski definition) is 4. The molecule has 0 radical (unpaired) electrons. The van der Waals surface area contributed by atoms with E-state index >= 15 is 0 Å². The smallest absolute Gasteiger partial charge is 0.224 e. The summed E-state index contributed by atoms with van der Waals surface area (Å²) < 4.78 is 12.4. The third-order valence-corrected chi connectivity index (χ3v) is 4.34. The Kier molecular flexibility index (Phi) is 6.39. The number of aryl methyl sites for hydroxylation is 1. The summed E-state index contributed by atoms with van der Waals surface area (Å²) >= 11 is 0. The molecule has 6 heteroatoms. The standard InChI is InChI=1S/C16H27N3O3/c1-13-10-17-15(12-22-3)19(13)11-14-4-7-18(8-5-14)16(20)6-9-21-2/h10,14H,4-9,11-12H2,1-3H3. The van der Waals surface area contributed by atoms with Crippen molar-refractivity contribution < 1.29 is 14.3 Å². The van der Waals surface area contributed by atoms with E-state index in [4.69, 9.17) is 9.47 Å². The molecule has 1 fully saturated rings. The third kappa shape index (κ3) is 4.30. The summed E-state index contributed by atoms with van der Waals surface area (Å²) in [5.41, 5.74) is 1.17. The van der Waals surface area contributed by atoms with Crippen molar-refractivity contribution in [2.24, 2.45) is 5.92 Å². The van der Waals surface area contributed by atoms with Crippen LogP contribution < -0.4 is 0 Å². The summed E-state index contributed by atoms with van der Waals surface area (Å²) in [6.07, 6.45) is 4.48. The molecule has 6 nitrogen and oxygen atoms in total. The SMILES string of the molecule is COCCC(=O)N1CCC(Cn2c(C)cnc2COC)CC1. The Morgan fingerprint density at radius 2 is 2.05 bits per heavy atom. The van der Waals surface area contributed by atoms with Crippen LogP contribution in [0.4, 0.5) is 0 Å². The molecular weight excluding hydrogens is 282 g/mol. The van der Waals surface area contributed by atoms with Crippen LogP contribution in [-0.4, -0.2) is 54.3 Å². The molecule has 1 aliphatic rings. The Morgan fingerprint density at radius 3 is 2.68 bits per heavy atom. The molecule has 22 heavy (non-hydrogen) atoms. The minimum Gasteiger partial charge on any atom is -0.384 e. The Labute approximate surface area is 132 Å². The lowest BCUT2D eigenvalue weighted by Gasteiger charge is -2.32. The fourth-order valence-corrected chi connectivity index (χ4v) is 2.98. The van der Waals surface area contributed by atoms with Crippen LogP contribution in [0.2, 0.25) is 0 Å². The summed E-state index contributed by atoms with van der Waals surface area (Å²) in [5.74, 6) is 1.78. The summed E-state index contributed by atoms with van der Waals surface area (Å²) in [6, 6.07) is 0. The van der Waals surface area contributed by atoms with Crippen molar-refractivity contribution in [3.8, 4) is 0 Å². The maximum atomic E-state index is 12.0. The normalized spacial score (nSPS) is 16.2. The van der Waals surface area contributed by atoms with Crippen LogP contribution in [0.5, 0.6) is 0 Å². The van der Waals surface area contributed by atoms with Gasteiger partial charge in [0.25, 0.3) is 0 Å². The molecule has 1 aliphatic heterocycles. The van der Waals surface area contributed by atoms with Crippen molar-refractivity contribution in [1.82, 2.24) is 14.5 Å². The van der Waals surface area contributed by atoms with Gasteiger partial charge in [-0.15, -0.1) is 0 Å². The van der Waals surface area contributed by atoms with Crippen LogP contribution in [0.15, 0.2) is 6.20 Å². The first-order valence-corrected chi connectivity index (χ1v) is 7.92. The van der Waals surface area contributed by atoms with Gasteiger partial charge in [0.15, 0.2) is 0 Å². The van der Waals surface area contributed by atoms with Gasteiger partial charge in [-0.05, 0) is 25.7 Å². The van der Waals surface area contributed by atoms with E-state index in [-0.39, 0.29) is 5.91 Å². The number of hydrogen-bond donors (Lipinski definition) is 0. The summed E-state index contributed by atoms with van der Waals surface area (Å²) in [4.78, 5) is 18.4. The number of nitrogens with zero attached hydrogens (tertiary/aromatic N) is 3. The molecule has 1 aromatic rings. The van der Waals surface area contributed by atoms with Gasteiger partial charge >= 0.3 is 0 Å². The number of piperidine rings is 1. The lowest BCUT2D eigenvalue weighted by atomic mass is 9.96. The number of ether oxygens (including phenoxy) is 2. The Morgan fingerprint density at radius 1 is 1.32 bits per heavy atom. The van der Waals surface area contributed by atoms with Gasteiger partial charge in [-0.1, -0.05) is 0 Å². The van der Waals surface area contributed by atoms with Crippen LogP contribution in [0, 0.1) is 12.8 Å². The van der Waals surface area contributed by atoms with E-state index in [2.05, 4.69) is 16.5 Å². The van der Waals surface area contributed by atoms with Crippen molar-refractivity contribution in [1.29, 1.82) is 0 Å². The molecule has 124 valence electrons. The van der Waals surface area contributed by atoms with E-state index in [1.165, 1.54) is 5.69 Å². The van der Waals surface area contributed by atoms with Crippen LogP contribution in [0.25, 0.3) is 0 Å². The average molecular weight is 309 g/mol. The zero-order chi connectivity index (χ0) is 15.9. The molecule has 0 aliphatic carbocycles. The van der Waals surface area contributed by atoms with Crippen LogP contribution >= 0.6 is 0 Å². The van der Waals surface area contributed by atoms with Gasteiger partial charge in [-0.2, -0.15) is 0 Å². The van der Waals surface area contributed by atoms with E-state index in [1.807, 2.05) is 11.1 Å². The molecule has 0 bridgehead atoms. The number of aromatic nitrogens is 2. The molecule has 0 unspecified atom stereocenters. The van der Waals surface area contributed by atoms with Crippen molar-refractivity contribution in [2.45, 2.75) is 39.3 Å². The van der Waals surface area contributed by atoms with Gasteiger partial charge in [0, 0.05) is 45.7 Å². The highest BCUT2D eigenvalue weighted by Crippen LogP contribution is 2.21. The molecule has 1 saturated heterocycles. The van der Waals surface area contributed by atoms with E-state index in [1.54, 1.807) is 14.2 Å². The molecule has 0 aromatic carbocycles. The van der Waals surface area contributed by atoms with Crippen molar-refractivity contribution >= 4 is 5.91 Å². The lowest BCUT2D eigenvalue weighted by molar-refractivity contribution is -0.133. The van der Waals surface area contributed by atoms with Crippen LogP contribution in [0.1, 0.15) is 30.8 Å². The number of carbonyl (C=O) groups is 1. The van der Waals surface area contributed by atoms with Crippen LogP contribution in [0.3, 0.4) is 0 Å². The van der Waals surface area contributed by atoms with Gasteiger partial charge < -0.3 is 18.9 Å². The zero-order valence-electron chi connectivity index (χ0n) is 13.9. The monoisotopic (exact) mass is 309 g/mol. The highest BCUT2D eigenvalue weighted by Gasteiger charge is 2.23. The lowest BCUT2D eigenvalue weighted by Crippen LogP contribution is -2.39. The predicted molar refractivity (Wildman–Crippen MR) is 83.5 cm³/mol. The molecule has 0 spiro atoms. The molecule has 2 heterocycles. The Balaban J connectivity index is 1.85. The second-order valence-corrected chi connectivity index (χ2v) is 5.93. The first-order valence-electron chi connectivity index (χ1n) is 7.92. The number of rotatable bonds is 7. The fraction of sp³-hybridized carbons (Fsp3) is 0.750. The quantitative estimate of drug-likeness (QED) is 0.768. The van der Waals surface area contributed by atoms with Gasteiger partial charge in [-0.3, -0.25) is 4.79 Å². The highest BCUT2D eigenvalue weighted by atomic mass is 16.5. The van der Waals surface area contributed by atoms with Crippen LogP contribution in [-0.2, 0) is 27.4 Å². The number of likely N-dealkylation sites (tertiary alicyclic amines) is 1. The highest BCUT2D eigenvalue weighted by molar-refractivity contribution is 5.76. The van der Waals surface area contributed by atoms with Crippen molar-refractivity contribution in [2.75, 3.05) is 33.9 Å². The van der Waals surface area contributed by atoms with E-state index in [0.29, 0.717) is 25.6 Å². The molecule has 0 saturated carbocycles. The van der Waals surface area contributed by atoms with Gasteiger partial charge in [0.2, 0.25) is 5.91 Å². The van der Waals surface area contributed by atoms with E-state index in [0.717, 1.165) is 38.3 Å². The summed E-state index contributed by atoms with van der Waals surface area (Å²) in [5, 5.41) is 0. The second-order valence-electron chi connectivity index (χ2n) is 5.93. The molecule has 1 amide bonds. The topological polar surface area (TPSA) is 56.6 Å². The second kappa shape index (κ2) is 8.29. The number of methoxy groups -OCH3 is 2. The van der Waals surface area contributed by atoms with Gasteiger partial charge in [-0.25, -0.2) is 4.98 Å². The van der Waals surface area contributed by atoms with Gasteiger partial charge in [0.05, 0.1) is 13.0 Å². The summed E-state index contributed by atoms with van der Waals surface area (Å²) in [7, 11) is 3.32. The summed E-state index contributed by atoms with van der Waals surface area (Å²) in [6.45, 7) is 5.79. The van der Waals surface area contributed by atoms with Crippen molar-refractivity contribution in [3.05, 3.63) is 17.7 Å². The van der Waals surface area contributed by atoms with E-state index in [9.17, 15) is 4.79 Å². The number of amides is 1. The Bertz CT molecular complexity index is 479. The van der Waals surface area contributed by atoms with E-state index < -0.39 is 0 Å². The Hall–Kier alpha value is -1.40. The predicted octanol–water partition coefficient (Wildman–Crippen LogP) is 1.61. The minimum absolute atomic E-state index is 0.208. The molecule has 0 N–H and O–H groups in total. The molecule has 2 rings (SSSR count).